The third kappa shape index (κ3) is 18.8. The van der Waals surface area contributed by atoms with Crippen LogP contribution in [0.4, 0.5) is 11.4 Å². The summed E-state index contributed by atoms with van der Waals surface area (Å²) in [4.78, 5) is 10.2. The number of nitrogens with two attached hydrogens (primary N) is 1. The Morgan fingerprint density at radius 2 is 1.06 bits per heavy atom. The van der Waals surface area contributed by atoms with Gasteiger partial charge in [0.2, 0.25) is 0 Å². The van der Waals surface area contributed by atoms with Gasteiger partial charge in [0.25, 0.3) is 5.69 Å². The Hall–Kier alpha value is -3.89. The van der Waals surface area contributed by atoms with E-state index in [1.54, 1.807) is 105 Å². The number of rotatable bonds is 12. The van der Waals surface area contributed by atoms with Crippen molar-refractivity contribution in [3.05, 3.63) is 169 Å². The zero-order valence-corrected chi connectivity index (χ0v) is 44.8. The Morgan fingerprint density at radius 1 is 0.629 bits per heavy atom. The van der Waals surface area contributed by atoms with Crippen molar-refractivity contribution in [2.75, 3.05) is 27.1 Å². The Labute approximate surface area is 454 Å². The number of nitrogens with zero attached hydrogens (tertiary/aromatic N) is 3. The summed E-state index contributed by atoms with van der Waals surface area (Å²) in [7, 11) is 4.54. The van der Waals surface area contributed by atoms with Gasteiger partial charge < -0.3 is 34.2 Å². The number of nitriles is 2. The van der Waals surface area contributed by atoms with Crippen LogP contribution >= 0.6 is 34.2 Å². The van der Waals surface area contributed by atoms with Gasteiger partial charge in [-0.1, -0.05) is 15.2 Å². The summed E-state index contributed by atoms with van der Waals surface area (Å²) >= 11 is 8.05. The molecule has 62 heavy (non-hydrogen) atoms. The van der Waals surface area contributed by atoms with E-state index in [9.17, 15) is 10.1 Å². The van der Waals surface area contributed by atoms with Gasteiger partial charge in [-0.2, -0.15) is 46.9 Å². The molecule has 0 spiro atoms. The molecule has 6 rings (SSSR count). The van der Waals surface area contributed by atoms with Crippen LogP contribution in [-0.4, -0.2) is 26.3 Å². The summed E-state index contributed by atoms with van der Waals surface area (Å²) < 4.78 is 33.6. The number of nitro benzene ring substituents is 1. The van der Waals surface area contributed by atoms with Crippen LogP contribution in [0.3, 0.4) is 0 Å². The van der Waals surface area contributed by atoms with E-state index in [1.807, 2.05) is 24.3 Å². The molecule has 3 radical (unpaired) electrons. The van der Waals surface area contributed by atoms with Crippen molar-refractivity contribution >= 4 is 57.7 Å². The Morgan fingerprint density at radius 3 is 1.53 bits per heavy atom. The summed E-state index contributed by atoms with van der Waals surface area (Å²) in [6.45, 7) is 0. The summed E-state index contributed by atoms with van der Waals surface area (Å²) in [6.07, 6.45) is 6.17. The predicted octanol–water partition coefficient (Wildman–Crippen LogP) is 11.7. The van der Waals surface area contributed by atoms with Crippen molar-refractivity contribution in [1.29, 1.82) is 10.5 Å². The molecule has 0 fully saturated rings. The molecule has 6 aromatic carbocycles. The van der Waals surface area contributed by atoms with Crippen molar-refractivity contribution in [1.82, 2.24) is 0 Å². The number of benzene rings is 6. The zero-order valence-electron chi connectivity index (χ0n) is 33.4. The van der Waals surface area contributed by atoms with Gasteiger partial charge in [-0.25, -0.2) is 0 Å². The minimum atomic E-state index is -0.481. The van der Waals surface area contributed by atoms with Crippen LogP contribution in [0.1, 0.15) is 11.1 Å². The minimum absolute atomic E-state index is 0. The van der Waals surface area contributed by atoms with Crippen molar-refractivity contribution in [2.45, 2.75) is 0 Å². The Kier molecular flexibility index (Phi) is 27.4. The van der Waals surface area contributed by atoms with Crippen LogP contribution < -0.4 is 34.2 Å². The largest absolute Gasteiger partial charge is 0.513 e. The first kappa shape index (κ1) is 56.1. The number of non-ortho nitro benzene ring substituents is 1. The number of methoxy groups -OCH3 is 3. The maximum atomic E-state index is 10.7. The van der Waals surface area contributed by atoms with E-state index in [-0.39, 0.29) is 104 Å². The van der Waals surface area contributed by atoms with E-state index in [2.05, 4.69) is 40.8 Å². The van der Waals surface area contributed by atoms with E-state index in [1.165, 1.54) is 37.5 Å². The van der Waals surface area contributed by atoms with Gasteiger partial charge in [0, 0.05) is 156 Å². The molecule has 12 nitrogen and oxygen atoms in total. The second-order valence-electron chi connectivity index (χ2n) is 11.4. The number of nitrogen functional groups attached to an aromatic ring is 1. The van der Waals surface area contributed by atoms with Crippen LogP contribution in [0.5, 0.6) is 51.7 Å². The number of ether oxygens (including phenoxy) is 6. The average molecular weight is 1190 g/mol. The molecule has 0 unspecified atom stereocenters. The van der Waals surface area contributed by atoms with Gasteiger partial charge in [-0.05, 0) is 30.3 Å². The first-order valence-corrected chi connectivity index (χ1v) is 18.5. The molecule has 0 aliphatic rings. The van der Waals surface area contributed by atoms with E-state index in [0.717, 1.165) is 14.7 Å². The molecule has 0 saturated carbocycles. The maximum absolute atomic E-state index is 10.7. The number of hydrogen-bond acceptors (Lipinski definition) is 11. The van der Waals surface area contributed by atoms with Gasteiger partial charge in [0.1, 0.15) is 0 Å². The van der Waals surface area contributed by atoms with Gasteiger partial charge >= 0.3 is 0 Å². The van der Waals surface area contributed by atoms with Crippen molar-refractivity contribution in [3.8, 4) is 63.9 Å². The molecule has 0 amide bonds. The quantitative estimate of drug-likeness (QED) is 0.0309. The molecular formula is C45H33ClIN4O8Y3-3. The Bertz CT molecular complexity index is 2410. The fourth-order valence-corrected chi connectivity index (χ4v) is 5.37. The normalized spacial score (nSPS) is 9.66. The summed E-state index contributed by atoms with van der Waals surface area (Å²) in [6, 6.07) is 43.1. The van der Waals surface area contributed by atoms with Gasteiger partial charge in [0.15, 0.2) is 34.5 Å². The van der Waals surface area contributed by atoms with E-state index < -0.39 is 4.92 Å². The number of halogens is 2. The summed E-state index contributed by atoms with van der Waals surface area (Å²) in [5.74, 6) is 4.77. The summed E-state index contributed by atoms with van der Waals surface area (Å²) in [5, 5.41) is 28.3. The van der Waals surface area contributed by atoms with Crippen molar-refractivity contribution < 1.29 is 131 Å². The smallest absolute Gasteiger partial charge is 0.273 e. The third-order valence-electron chi connectivity index (χ3n) is 7.35. The maximum Gasteiger partial charge on any atom is 0.273 e. The monoisotopic (exact) mass is 1190 g/mol. The molecule has 2 N–H and O–H groups in total. The predicted molar refractivity (Wildman–Crippen MR) is 233 cm³/mol. The van der Waals surface area contributed by atoms with Crippen LogP contribution in [0.2, 0.25) is 5.02 Å². The molecule has 0 saturated heterocycles. The molecule has 0 bridgehead atoms. The molecule has 6 aromatic rings. The first-order valence-electron chi connectivity index (χ1n) is 17.0. The molecule has 0 aliphatic heterocycles. The topological polar surface area (TPSA) is 172 Å². The molecule has 17 heteroatoms. The van der Waals surface area contributed by atoms with Crippen LogP contribution in [0, 0.1) is 54.5 Å². The molecular weight excluding hydrogens is 1150 g/mol. The molecule has 0 aromatic heterocycles. The van der Waals surface area contributed by atoms with Crippen LogP contribution in [0.25, 0.3) is 12.2 Å². The number of nitro groups is 1. The van der Waals surface area contributed by atoms with E-state index in [0.29, 0.717) is 62.5 Å². The minimum Gasteiger partial charge on any atom is -0.513 e. The zero-order chi connectivity index (χ0) is 42.6. The number of allylic oxidation sites excluding steroid dienone is 2. The molecule has 0 heterocycles. The van der Waals surface area contributed by atoms with Crippen LogP contribution in [-0.2, 0) is 98.1 Å². The second-order valence-corrected chi connectivity index (χ2v) is 13.1. The third-order valence-corrected chi connectivity index (χ3v) is 8.21. The summed E-state index contributed by atoms with van der Waals surface area (Å²) in [5.41, 5.74) is 7.92. The first-order chi connectivity index (χ1) is 28.5. The standard InChI is InChI=1S/C16H11ClNO2.C16H13N2O2.C13H9INO4.3Y/c1-19-16-11-13(17)7-8-15(16)20-14-6-2-4-12(10-14)5-3-9-18;1-19-16-11-13(18)7-8-15(16)20-14-6-2-4-12(10-14)5-3-9-17;1-18-13-8-10(15(16)17)5-6-12(13)19-11-4-2-3-9(14)7-11;;;/h3-8,10-11H,1H3;3-8,10-11H,18H2,1H3;3-8H,1H3;;;/q3*-1;;;/b2*5-3+;;;;. The number of hydrogen-bond donors (Lipinski definition) is 1. The van der Waals surface area contributed by atoms with Crippen molar-refractivity contribution in [3.63, 3.8) is 0 Å². The molecule has 0 atom stereocenters. The van der Waals surface area contributed by atoms with E-state index in [4.69, 9.17) is 56.3 Å². The van der Waals surface area contributed by atoms with Crippen molar-refractivity contribution in [2.24, 2.45) is 0 Å². The van der Waals surface area contributed by atoms with Gasteiger partial charge in [-0.3, -0.25) is 10.1 Å². The molecule has 307 valence electrons. The number of anilines is 1. The van der Waals surface area contributed by atoms with Crippen LogP contribution in [0.15, 0.2) is 121 Å². The Balaban J connectivity index is 0.000000454. The SMILES string of the molecule is COc1cc(Cl)ccc1Oc1c[c-]cc(/C=C/C#N)c1.COc1cc(N)ccc1Oc1c[c-]cc(/C=C/C#N)c1.COc1cc([N+](=O)[O-])ccc1Oc1c[c-]cc(I)c1.[Y].[Y].[Y]. The van der Waals surface area contributed by atoms with Gasteiger partial charge in [-0.15, -0.1) is 82.3 Å². The average Bonchev–Trinajstić information content (AvgIpc) is 3.24. The van der Waals surface area contributed by atoms with E-state index >= 15 is 0 Å². The van der Waals surface area contributed by atoms with Gasteiger partial charge in [0.05, 0.1) is 44.5 Å². The molecule has 0 aliphatic carbocycles. The fourth-order valence-electron chi connectivity index (χ4n) is 4.72. The second kappa shape index (κ2) is 30.2. The fraction of sp³-hybridized carbons (Fsp3) is 0.0667.